The fourth-order valence-corrected chi connectivity index (χ4v) is 2.90. The smallest absolute Gasteiger partial charge is 0.231 e. The molecule has 7 nitrogen and oxygen atoms in total. The molecular weight excluding hydrogens is 366 g/mol. The van der Waals surface area contributed by atoms with Crippen LogP contribution in [0, 0.1) is 6.92 Å². The zero-order valence-corrected chi connectivity index (χ0v) is 15.4. The van der Waals surface area contributed by atoms with Crippen LogP contribution >= 0.6 is 11.6 Å². The first kappa shape index (κ1) is 17.2. The maximum atomic E-state index is 6.25. The number of nitrogens with zero attached hydrogens (tertiary/aromatic N) is 2. The lowest BCUT2D eigenvalue weighted by Gasteiger charge is -2.14. The molecule has 0 fully saturated rings. The summed E-state index contributed by atoms with van der Waals surface area (Å²) >= 11 is 6.08. The van der Waals surface area contributed by atoms with E-state index in [9.17, 15) is 0 Å². The maximum Gasteiger partial charge on any atom is 0.231 e. The van der Waals surface area contributed by atoms with Crippen molar-refractivity contribution in [1.29, 1.82) is 0 Å². The topological polar surface area (TPSA) is 94.3 Å². The van der Waals surface area contributed by atoms with Crippen LogP contribution in [0.25, 0.3) is 0 Å². The average Bonchev–Trinajstić information content (AvgIpc) is 3.13. The fourth-order valence-electron chi connectivity index (χ4n) is 2.73. The Morgan fingerprint density at radius 1 is 1.07 bits per heavy atom. The number of hydrogen-bond donors (Lipinski definition) is 3. The van der Waals surface area contributed by atoms with Crippen LogP contribution in [0.15, 0.2) is 42.7 Å². The second-order valence-electron chi connectivity index (χ2n) is 6.11. The molecule has 1 aliphatic rings. The number of nitrogens with one attached hydrogen (secondary N) is 2. The summed E-state index contributed by atoms with van der Waals surface area (Å²) in [5, 5.41) is 7.09. The highest BCUT2D eigenvalue weighted by Gasteiger charge is 2.14. The van der Waals surface area contributed by atoms with E-state index in [1.807, 2.05) is 43.3 Å². The van der Waals surface area contributed by atoms with Crippen LogP contribution in [-0.4, -0.2) is 16.8 Å². The minimum Gasteiger partial charge on any atom is -0.454 e. The van der Waals surface area contributed by atoms with E-state index in [-0.39, 0.29) is 6.79 Å². The Kier molecular flexibility index (Phi) is 4.60. The van der Waals surface area contributed by atoms with Crippen LogP contribution in [0.1, 0.15) is 11.1 Å². The first-order valence-electron chi connectivity index (χ1n) is 8.36. The quantitative estimate of drug-likeness (QED) is 0.610. The van der Waals surface area contributed by atoms with Gasteiger partial charge in [-0.2, -0.15) is 0 Å². The maximum absolute atomic E-state index is 6.25. The van der Waals surface area contributed by atoms with E-state index in [0.29, 0.717) is 28.9 Å². The second-order valence-corrected chi connectivity index (χ2v) is 6.55. The molecule has 0 amide bonds. The molecule has 3 aromatic rings. The molecule has 4 rings (SSSR count). The van der Waals surface area contributed by atoms with E-state index in [2.05, 4.69) is 20.6 Å². The lowest BCUT2D eigenvalue weighted by atomic mass is 10.2. The molecule has 4 N–H and O–H groups in total. The Morgan fingerprint density at radius 2 is 1.89 bits per heavy atom. The zero-order valence-electron chi connectivity index (χ0n) is 14.6. The molecule has 0 bridgehead atoms. The molecule has 0 radical (unpaired) electrons. The van der Waals surface area contributed by atoms with Crippen LogP contribution in [0.5, 0.6) is 11.5 Å². The number of halogens is 1. The van der Waals surface area contributed by atoms with Gasteiger partial charge in [-0.25, -0.2) is 9.97 Å². The fraction of sp³-hybridized carbons (Fsp3) is 0.158. The molecule has 2 heterocycles. The highest BCUT2D eigenvalue weighted by atomic mass is 35.5. The standard InChI is InChI=1S/C19H18ClN5O2/c1-11-2-4-13(20)7-14(11)25-19-17(21)18(23-9-24-19)22-8-12-3-5-15-16(6-12)27-10-26-15/h2-7,9H,8,10,21H2,1H3,(H2,22,23,24,25). The summed E-state index contributed by atoms with van der Waals surface area (Å²) in [5.74, 6) is 2.56. The van der Waals surface area contributed by atoms with Crippen LogP contribution in [0.2, 0.25) is 5.02 Å². The van der Waals surface area contributed by atoms with Gasteiger partial charge in [-0.3, -0.25) is 0 Å². The van der Waals surface area contributed by atoms with Crippen molar-refractivity contribution >= 4 is 34.6 Å². The van der Waals surface area contributed by atoms with E-state index in [0.717, 1.165) is 28.3 Å². The second kappa shape index (κ2) is 7.20. The summed E-state index contributed by atoms with van der Waals surface area (Å²) in [6.07, 6.45) is 1.46. The molecule has 0 atom stereocenters. The third-order valence-electron chi connectivity index (χ3n) is 4.23. The van der Waals surface area contributed by atoms with Crippen molar-refractivity contribution in [2.45, 2.75) is 13.5 Å². The van der Waals surface area contributed by atoms with E-state index < -0.39 is 0 Å². The number of nitrogen functional groups attached to an aromatic ring is 1. The molecule has 1 aromatic heterocycles. The van der Waals surface area contributed by atoms with Crippen molar-refractivity contribution in [2.24, 2.45) is 0 Å². The number of anilines is 4. The Labute approximate surface area is 161 Å². The lowest BCUT2D eigenvalue weighted by molar-refractivity contribution is 0.174. The van der Waals surface area contributed by atoms with E-state index in [1.54, 1.807) is 0 Å². The molecule has 0 saturated heterocycles. The third kappa shape index (κ3) is 3.68. The number of nitrogens with two attached hydrogens (primary N) is 1. The normalized spacial score (nSPS) is 12.1. The number of aromatic nitrogens is 2. The molecular formula is C19H18ClN5O2. The van der Waals surface area contributed by atoms with Gasteiger partial charge in [-0.15, -0.1) is 0 Å². The van der Waals surface area contributed by atoms with Gasteiger partial charge >= 0.3 is 0 Å². The molecule has 27 heavy (non-hydrogen) atoms. The Morgan fingerprint density at radius 3 is 2.78 bits per heavy atom. The largest absolute Gasteiger partial charge is 0.454 e. The van der Waals surface area contributed by atoms with Gasteiger partial charge in [0.15, 0.2) is 23.1 Å². The Hall–Kier alpha value is -3.19. The number of rotatable bonds is 5. The SMILES string of the molecule is Cc1ccc(Cl)cc1Nc1ncnc(NCc2ccc3c(c2)OCO3)c1N. The number of aryl methyl sites for hydroxylation is 1. The number of hydrogen-bond acceptors (Lipinski definition) is 7. The Balaban J connectivity index is 1.51. The van der Waals surface area contributed by atoms with Crippen LogP contribution < -0.4 is 25.8 Å². The third-order valence-corrected chi connectivity index (χ3v) is 4.47. The summed E-state index contributed by atoms with van der Waals surface area (Å²) in [7, 11) is 0. The van der Waals surface area contributed by atoms with Crippen molar-refractivity contribution in [3.05, 3.63) is 58.9 Å². The predicted molar refractivity (Wildman–Crippen MR) is 106 cm³/mol. The van der Waals surface area contributed by atoms with Crippen LogP contribution in [0.4, 0.5) is 23.0 Å². The van der Waals surface area contributed by atoms with E-state index in [1.165, 1.54) is 6.33 Å². The summed E-state index contributed by atoms with van der Waals surface area (Å²) in [4.78, 5) is 8.48. The van der Waals surface area contributed by atoms with Crippen LogP contribution in [0.3, 0.4) is 0 Å². The highest BCUT2D eigenvalue weighted by molar-refractivity contribution is 6.30. The van der Waals surface area contributed by atoms with Gasteiger partial charge in [0.1, 0.15) is 12.0 Å². The van der Waals surface area contributed by atoms with Gasteiger partial charge < -0.3 is 25.8 Å². The Bertz CT molecular complexity index is 996. The van der Waals surface area contributed by atoms with Crippen molar-refractivity contribution in [3.63, 3.8) is 0 Å². The van der Waals surface area contributed by atoms with Crippen molar-refractivity contribution in [1.82, 2.24) is 9.97 Å². The van der Waals surface area contributed by atoms with Gasteiger partial charge in [0, 0.05) is 17.3 Å². The number of ether oxygens (including phenoxy) is 2. The van der Waals surface area contributed by atoms with Gasteiger partial charge in [-0.1, -0.05) is 23.7 Å². The van der Waals surface area contributed by atoms with Crippen molar-refractivity contribution < 1.29 is 9.47 Å². The minimum absolute atomic E-state index is 0.253. The van der Waals surface area contributed by atoms with Crippen LogP contribution in [-0.2, 0) is 6.54 Å². The molecule has 2 aromatic carbocycles. The molecule has 0 saturated carbocycles. The van der Waals surface area contributed by atoms with Gasteiger partial charge in [-0.05, 0) is 42.3 Å². The summed E-state index contributed by atoms with van der Waals surface area (Å²) in [6.45, 7) is 2.77. The predicted octanol–water partition coefficient (Wildman–Crippen LogP) is 4.11. The summed E-state index contributed by atoms with van der Waals surface area (Å²) < 4.78 is 10.7. The monoisotopic (exact) mass is 383 g/mol. The molecule has 0 aliphatic carbocycles. The van der Waals surface area contributed by atoms with Gasteiger partial charge in [0.2, 0.25) is 6.79 Å². The van der Waals surface area contributed by atoms with E-state index >= 15 is 0 Å². The van der Waals surface area contributed by atoms with Crippen molar-refractivity contribution in [2.75, 3.05) is 23.2 Å². The minimum atomic E-state index is 0.253. The number of benzene rings is 2. The first-order valence-corrected chi connectivity index (χ1v) is 8.74. The summed E-state index contributed by atoms with van der Waals surface area (Å²) in [5.41, 5.74) is 9.58. The van der Waals surface area contributed by atoms with E-state index in [4.69, 9.17) is 26.8 Å². The average molecular weight is 384 g/mol. The first-order chi connectivity index (χ1) is 13.1. The molecule has 1 aliphatic heterocycles. The molecule has 138 valence electrons. The van der Waals surface area contributed by atoms with Gasteiger partial charge in [0.05, 0.1) is 0 Å². The molecule has 8 heteroatoms. The summed E-state index contributed by atoms with van der Waals surface area (Å²) in [6, 6.07) is 11.4. The zero-order chi connectivity index (χ0) is 18.8. The lowest BCUT2D eigenvalue weighted by Crippen LogP contribution is -2.08. The highest BCUT2D eigenvalue weighted by Crippen LogP contribution is 2.33. The number of fused-ring (bicyclic) bond motifs is 1. The van der Waals surface area contributed by atoms with Crippen molar-refractivity contribution in [3.8, 4) is 11.5 Å². The van der Waals surface area contributed by atoms with Gasteiger partial charge in [0.25, 0.3) is 0 Å². The molecule has 0 unspecified atom stereocenters. The molecule has 0 spiro atoms.